The maximum atomic E-state index is 13.5. The van der Waals surface area contributed by atoms with E-state index in [0.717, 1.165) is 29.8 Å². The summed E-state index contributed by atoms with van der Waals surface area (Å²) >= 11 is 0. The first kappa shape index (κ1) is 23.8. The van der Waals surface area contributed by atoms with Crippen LogP contribution in [0, 0.1) is 5.92 Å². The molecule has 3 atom stereocenters. The second-order valence-electron chi connectivity index (χ2n) is 8.96. The Bertz CT molecular complexity index is 1090. The number of nitrogens with zero attached hydrogens (tertiary/aromatic N) is 1. The summed E-state index contributed by atoms with van der Waals surface area (Å²) in [6, 6.07) is 23.6. The van der Waals surface area contributed by atoms with Crippen LogP contribution < -0.4 is 14.2 Å². The van der Waals surface area contributed by atoms with Crippen LogP contribution in [0.4, 0.5) is 0 Å². The van der Waals surface area contributed by atoms with E-state index in [1.807, 2.05) is 67.6 Å². The van der Waals surface area contributed by atoms with Gasteiger partial charge >= 0.3 is 0 Å². The monoisotopic (exact) mass is 459 g/mol. The highest BCUT2D eigenvalue weighted by molar-refractivity contribution is 6.02. The maximum Gasteiger partial charge on any atom is 0.173 e. The van der Waals surface area contributed by atoms with Crippen LogP contribution in [0.2, 0.25) is 0 Å². The van der Waals surface area contributed by atoms with Gasteiger partial charge in [0, 0.05) is 13.0 Å². The van der Waals surface area contributed by atoms with Gasteiger partial charge in [-0.25, -0.2) is 0 Å². The highest BCUT2D eigenvalue weighted by Crippen LogP contribution is 2.42. The van der Waals surface area contributed by atoms with Crippen molar-refractivity contribution in [1.82, 2.24) is 4.90 Å². The molecule has 0 amide bonds. The third kappa shape index (κ3) is 5.26. The van der Waals surface area contributed by atoms with Gasteiger partial charge in [-0.05, 0) is 62.0 Å². The lowest BCUT2D eigenvalue weighted by molar-refractivity contribution is 0.0645. The highest BCUT2D eigenvalue weighted by Gasteiger charge is 2.37. The molecular weight excluding hydrogens is 426 g/mol. The lowest BCUT2D eigenvalue weighted by Crippen LogP contribution is -2.31. The largest absolute Gasteiger partial charge is 0.497 e. The van der Waals surface area contributed by atoms with E-state index < -0.39 is 0 Å². The SMILES string of the molecule is CC[C@@H]1C(=O)c2cc(OC(CCN(C)C)c3ccccc3)ccc2O[C@H]1c1ccc(OC)cc1. The first-order valence-corrected chi connectivity index (χ1v) is 11.8. The van der Waals surface area contributed by atoms with Gasteiger partial charge in [0.15, 0.2) is 5.78 Å². The second kappa shape index (κ2) is 10.7. The Morgan fingerprint density at radius 1 is 0.971 bits per heavy atom. The van der Waals surface area contributed by atoms with Crippen LogP contribution in [-0.2, 0) is 0 Å². The summed E-state index contributed by atoms with van der Waals surface area (Å²) in [6.45, 7) is 2.93. The molecule has 0 fully saturated rings. The minimum Gasteiger partial charge on any atom is -0.497 e. The molecule has 0 aromatic heterocycles. The molecule has 1 heterocycles. The summed E-state index contributed by atoms with van der Waals surface area (Å²) < 4.78 is 18.1. The molecule has 34 heavy (non-hydrogen) atoms. The van der Waals surface area contributed by atoms with Crippen molar-refractivity contribution in [3.05, 3.63) is 89.5 Å². The second-order valence-corrected chi connectivity index (χ2v) is 8.96. The average Bonchev–Trinajstić information content (AvgIpc) is 2.87. The topological polar surface area (TPSA) is 48.0 Å². The molecule has 178 valence electrons. The fraction of sp³-hybridized carbons (Fsp3) is 0.345. The number of rotatable bonds is 9. The van der Waals surface area contributed by atoms with Crippen LogP contribution in [0.5, 0.6) is 17.2 Å². The molecule has 4 rings (SSSR count). The number of carbonyl (C=O) groups is 1. The number of methoxy groups -OCH3 is 1. The van der Waals surface area contributed by atoms with Gasteiger partial charge in [-0.1, -0.05) is 49.4 Å². The molecule has 0 aliphatic carbocycles. The molecule has 0 N–H and O–H groups in total. The third-order valence-corrected chi connectivity index (χ3v) is 6.35. The van der Waals surface area contributed by atoms with E-state index >= 15 is 0 Å². The molecule has 5 nitrogen and oxygen atoms in total. The Morgan fingerprint density at radius 2 is 1.68 bits per heavy atom. The number of hydrogen-bond acceptors (Lipinski definition) is 5. The van der Waals surface area contributed by atoms with E-state index in [2.05, 4.69) is 31.1 Å². The van der Waals surface area contributed by atoms with Gasteiger partial charge in [0.25, 0.3) is 0 Å². The van der Waals surface area contributed by atoms with Crippen molar-refractivity contribution in [2.75, 3.05) is 27.7 Å². The molecule has 0 saturated carbocycles. The van der Waals surface area contributed by atoms with Crippen molar-refractivity contribution in [2.45, 2.75) is 32.0 Å². The quantitative estimate of drug-likeness (QED) is 0.386. The molecule has 3 aromatic rings. The van der Waals surface area contributed by atoms with E-state index in [9.17, 15) is 4.79 Å². The number of fused-ring (bicyclic) bond motifs is 1. The number of benzene rings is 3. The van der Waals surface area contributed by atoms with Crippen molar-refractivity contribution in [1.29, 1.82) is 0 Å². The van der Waals surface area contributed by atoms with Crippen LogP contribution in [0.15, 0.2) is 72.8 Å². The van der Waals surface area contributed by atoms with Crippen LogP contribution in [0.3, 0.4) is 0 Å². The number of Topliss-reactive ketones (excluding diaryl/α,β-unsaturated/α-hetero) is 1. The van der Waals surface area contributed by atoms with Crippen molar-refractivity contribution in [3.8, 4) is 17.2 Å². The first-order valence-electron chi connectivity index (χ1n) is 11.8. The van der Waals surface area contributed by atoms with E-state index in [-0.39, 0.29) is 23.9 Å². The predicted molar refractivity (Wildman–Crippen MR) is 134 cm³/mol. The summed E-state index contributed by atoms with van der Waals surface area (Å²) in [7, 11) is 5.76. The summed E-state index contributed by atoms with van der Waals surface area (Å²) in [6.07, 6.45) is 1.11. The summed E-state index contributed by atoms with van der Waals surface area (Å²) in [5.74, 6) is 1.91. The predicted octanol–water partition coefficient (Wildman–Crippen LogP) is 6.11. The van der Waals surface area contributed by atoms with E-state index in [4.69, 9.17) is 14.2 Å². The number of ether oxygens (including phenoxy) is 3. The molecule has 5 heteroatoms. The van der Waals surface area contributed by atoms with Crippen LogP contribution in [0.1, 0.15) is 53.5 Å². The summed E-state index contributed by atoms with van der Waals surface area (Å²) in [4.78, 5) is 15.7. The highest BCUT2D eigenvalue weighted by atomic mass is 16.5. The normalized spacial score (nSPS) is 18.2. The molecule has 1 aliphatic rings. The van der Waals surface area contributed by atoms with Crippen molar-refractivity contribution in [3.63, 3.8) is 0 Å². The van der Waals surface area contributed by atoms with Gasteiger partial charge in [-0.3, -0.25) is 4.79 Å². The first-order chi connectivity index (χ1) is 16.5. The smallest absolute Gasteiger partial charge is 0.173 e. The maximum absolute atomic E-state index is 13.5. The number of hydrogen-bond donors (Lipinski definition) is 0. The third-order valence-electron chi connectivity index (χ3n) is 6.35. The van der Waals surface area contributed by atoms with Crippen molar-refractivity contribution >= 4 is 5.78 Å². The zero-order valence-electron chi connectivity index (χ0n) is 20.4. The average molecular weight is 460 g/mol. The molecule has 0 bridgehead atoms. The standard InChI is InChI=1S/C29H33NO4/c1-5-24-28(31)25-19-23(33-26(17-18-30(2)3)20-9-7-6-8-10-20)15-16-27(25)34-29(24)21-11-13-22(32-4)14-12-21/h6-16,19,24,26,29H,5,17-18H2,1-4H3/t24-,26?,29+/m1/s1. The molecule has 1 unspecified atom stereocenters. The lowest BCUT2D eigenvalue weighted by Gasteiger charge is -2.33. The van der Waals surface area contributed by atoms with E-state index in [0.29, 0.717) is 23.5 Å². The fourth-order valence-corrected chi connectivity index (χ4v) is 4.43. The van der Waals surface area contributed by atoms with Crippen LogP contribution in [-0.4, -0.2) is 38.4 Å². The summed E-state index contributed by atoms with van der Waals surface area (Å²) in [5, 5.41) is 0. The molecule has 0 radical (unpaired) electrons. The minimum absolute atomic E-state index is 0.0968. The molecular formula is C29H33NO4. The Kier molecular flexibility index (Phi) is 7.53. The van der Waals surface area contributed by atoms with E-state index in [1.54, 1.807) is 7.11 Å². The van der Waals surface area contributed by atoms with Gasteiger partial charge < -0.3 is 19.1 Å². The Hall–Kier alpha value is -3.31. The van der Waals surface area contributed by atoms with E-state index in [1.165, 1.54) is 0 Å². The van der Waals surface area contributed by atoms with Crippen LogP contribution >= 0.6 is 0 Å². The Morgan fingerprint density at radius 3 is 2.32 bits per heavy atom. The van der Waals surface area contributed by atoms with Gasteiger partial charge in [0.05, 0.1) is 18.6 Å². The zero-order valence-corrected chi connectivity index (χ0v) is 20.4. The van der Waals surface area contributed by atoms with Crippen molar-refractivity contribution in [2.24, 2.45) is 5.92 Å². The van der Waals surface area contributed by atoms with Crippen LogP contribution in [0.25, 0.3) is 0 Å². The Labute approximate surface area is 202 Å². The minimum atomic E-state index is -0.320. The fourth-order valence-electron chi connectivity index (χ4n) is 4.43. The summed E-state index contributed by atoms with van der Waals surface area (Å²) in [5.41, 5.74) is 2.68. The molecule has 0 spiro atoms. The number of carbonyl (C=O) groups excluding carboxylic acids is 1. The van der Waals surface area contributed by atoms with Gasteiger partial charge in [0.1, 0.15) is 29.5 Å². The number of ketones is 1. The zero-order chi connectivity index (χ0) is 24.1. The van der Waals surface area contributed by atoms with Gasteiger partial charge in [0.2, 0.25) is 0 Å². The molecule has 1 aliphatic heterocycles. The molecule has 0 saturated heterocycles. The van der Waals surface area contributed by atoms with Gasteiger partial charge in [-0.15, -0.1) is 0 Å². The lowest BCUT2D eigenvalue weighted by atomic mass is 9.84. The van der Waals surface area contributed by atoms with Crippen molar-refractivity contribution < 1.29 is 19.0 Å². The Balaban J connectivity index is 1.59. The van der Waals surface area contributed by atoms with Gasteiger partial charge in [-0.2, -0.15) is 0 Å². The molecule has 3 aromatic carbocycles.